The third-order valence-electron chi connectivity index (χ3n) is 1.60. The van der Waals surface area contributed by atoms with Crippen LogP contribution in [0.2, 0.25) is 0 Å². The van der Waals surface area contributed by atoms with Gasteiger partial charge in [-0.15, -0.1) is 0 Å². The minimum atomic E-state index is 0.655. The van der Waals surface area contributed by atoms with Crippen molar-refractivity contribution >= 4 is 0 Å². The highest BCUT2D eigenvalue weighted by Gasteiger charge is 1.99. The van der Waals surface area contributed by atoms with Gasteiger partial charge in [0.15, 0.2) is 5.82 Å². The first-order valence-electron chi connectivity index (χ1n) is 3.92. The summed E-state index contributed by atoms with van der Waals surface area (Å²) in [6.07, 6.45) is 6.83. The number of nitrogens with zero attached hydrogens (tertiary/aromatic N) is 4. The molecule has 0 unspecified atom stereocenters. The molecule has 2 rings (SSSR count). The van der Waals surface area contributed by atoms with E-state index in [1.165, 1.54) is 0 Å². The topological polar surface area (TPSA) is 51.6 Å². The van der Waals surface area contributed by atoms with Crippen LogP contribution in [0.15, 0.2) is 30.9 Å². The fourth-order valence-corrected chi connectivity index (χ4v) is 0.956. The molecule has 0 aliphatic carbocycles. The van der Waals surface area contributed by atoms with Gasteiger partial charge in [0.2, 0.25) is 0 Å². The van der Waals surface area contributed by atoms with E-state index in [1.807, 2.05) is 6.92 Å². The molecule has 0 N–H and O–H groups in total. The van der Waals surface area contributed by atoms with E-state index in [1.54, 1.807) is 30.9 Å². The van der Waals surface area contributed by atoms with E-state index >= 15 is 0 Å². The molecule has 0 aliphatic rings. The lowest BCUT2D eigenvalue weighted by Gasteiger charge is -1.97. The van der Waals surface area contributed by atoms with Crippen molar-refractivity contribution in [1.82, 2.24) is 19.9 Å². The predicted octanol–water partition coefficient (Wildman–Crippen LogP) is 1.24. The Labute approximate surface area is 75.7 Å². The number of rotatable bonds is 1. The quantitative estimate of drug-likeness (QED) is 0.649. The highest BCUT2D eigenvalue weighted by Crippen LogP contribution is 2.09. The van der Waals surface area contributed by atoms with E-state index in [2.05, 4.69) is 19.9 Å². The molecule has 0 aliphatic heterocycles. The Balaban J connectivity index is 2.42. The molecule has 0 atom stereocenters. The highest BCUT2D eigenvalue weighted by atomic mass is 14.9. The number of hydrogen-bond acceptors (Lipinski definition) is 4. The van der Waals surface area contributed by atoms with Crippen LogP contribution in [0, 0.1) is 6.92 Å². The molecular formula is C9H8N4. The molecule has 0 aromatic carbocycles. The molecule has 2 aromatic rings. The van der Waals surface area contributed by atoms with E-state index in [4.69, 9.17) is 0 Å². The van der Waals surface area contributed by atoms with Crippen molar-refractivity contribution in [2.45, 2.75) is 6.92 Å². The van der Waals surface area contributed by atoms with E-state index in [9.17, 15) is 0 Å². The summed E-state index contributed by atoms with van der Waals surface area (Å²) in [6.45, 7) is 1.84. The Hall–Kier alpha value is -1.84. The van der Waals surface area contributed by atoms with Crippen molar-refractivity contribution in [3.63, 3.8) is 0 Å². The molecule has 0 radical (unpaired) electrons. The van der Waals surface area contributed by atoms with E-state index < -0.39 is 0 Å². The Morgan fingerprint density at radius 2 is 1.54 bits per heavy atom. The minimum absolute atomic E-state index is 0.655. The molecule has 4 nitrogen and oxygen atoms in total. The average molecular weight is 172 g/mol. The maximum Gasteiger partial charge on any atom is 0.162 e. The standard InChI is InChI=1S/C9H8N4/c1-7-12-5-8(6-13-7)9-10-3-2-4-11-9/h2-6H,1H3. The zero-order valence-corrected chi connectivity index (χ0v) is 7.18. The highest BCUT2D eigenvalue weighted by molar-refractivity contribution is 5.50. The second-order valence-corrected chi connectivity index (χ2v) is 2.59. The van der Waals surface area contributed by atoms with Gasteiger partial charge < -0.3 is 0 Å². The van der Waals surface area contributed by atoms with Crippen LogP contribution in [0.1, 0.15) is 5.82 Å². The van der Waals surface area contributed by atoms with Crippen LogP contribution in [-0.4, -0.2) is 19.9 Å². The molecule has 4 heteroatoms. The molecule has 0 spiro atoms. The lowest BCUT2D eigenvalue weighted by molar-refractivity contribution is 1.04. The Morgan fingerprint density at radius 1 is 0.923 bits per heavy atom. The van der Waals surface area contributed by atoms with Crippen molar-refractivity contribution in [1.29, 1.82) is 0 Å². The van der Waals surface area contributed by atoms with Crippen LogP contribution >= 0.6 is 0 Å². The first kappa shape index (κ1) is 7.79. The van der Waals surface area contributed by atoms with Gasteiger partial charge in [-0.2, -0.15) is 0 Å². The third kappa shape index (κ3) is 1.66. The number of hydrogen-bond donors (Lipinski definition) is 0. The largest absolute Gasteiger partial charge is 0.241 e. The molecule has 0 amide bonds. The first-order valence-corrected chi connectivity index (χ1v) is 3.92. The molecule has 2 aromatic heterocycles. The van der Waals surface area contributed by atoms with E-state index in [0.717, 1.165) is 11.4 Å². The van der Waals surface area contributed by atoms with Gasteiger partial charge in [-0.25, -0.2) is 19.9 Å². The number of aryl methyl sites for hydroxylation is 1. The van der Waals surface area contributed by atoms with Gasteiger partial charge >= 0.3 is 0 Å². The molecule has 13 heavy (non-hydrogen) atoms. The smallest absolute Gasteiger partial charge is 0.162 e. The van der Waals surface area contributed by atoms with Crippen molar-refractivity contribution in [2.24, 2.45) is 0 Å². The van der Waals surface area contributed by atoms with Crippen molar-refractivity contribution in [2.75, 3.05) is 0 Å². The van der Waals surface area contributed by atoms with Crippen molar-refractivity contribution in [3.8, 4) is 11.4 Å². The Morgan fingerprint density at radius 3 is 2.15 bits per heavy atom. The molecule has 0 fully saturated rings. The third-order valence-corrected chi connectivity index (χ3v) is 1.60. The van der Waals surface area contributed by atoms with Crippen LogP contribution in [0.5, 0.6) is 0 Å². The maximum absolute atomic E-state index is 4.09. The van der Waals surface area contributed by atoms with Gasteiger partial charge in [0, 0.05) is 24.8 Å². The van der Waals surface area contributed by atoms with Crippen LogP contribution in [0.25, 0.3) is 11.4 Å². The lowest BCUT2D eigenvalue weighted by atomic mass is 10.3. The van der Waals surface area contributed by atoms with Gasteiger partial charge in [0.25, 0.3) is 0 Å². The summed E-state index contributed by atoms with van der Waals surface area (Å²) < 4.78 is 0. The van der Waals surface area contributed by atoms with Gasteiger partial charge in [0.05, 0.1) is 5.56 Å². The minimum Gasteiger partial charge on any atom is -0.241 e. The first-order chi connectivity index (χ1) is 6.36. The summed E-state index contributed by atoms with van der Waals surface area (Å²) in [5.41, 5.74) is 0.839. The summed E-state index contributed by atoms with van der Waals surface area (Å²) >= 11 is 0. The Kier molecular flexibility index (Phi) is 1.96. The summed E-state index contributed by atoms with van der Waals surface area (Å²) in [5, 5.41) is 0. The fourth-order valence-electron chi connectivity index (χ4n) is 0.956. The van der Waals surface area contributed by atoms with Crippen molar-refractivity contribution < 1.29 is 0 Å². The molecule has 2 heterocycles. The van der Waals surface area contributed by atoms with Gasteiger partial charge in [0.1, 0.15) is 5.82 Å². The summed E-state index contributed by atoms with van der Waals surface area (Å²) in [5.74, 6) is 1.40. The lowest BCUT2D eigenvalue weighted by Crippen LogP contribution is -1.91. The monoisotopic (exact) mass is 172 g/mol. The van der Waals surface area contributed by atoms with Gasteiger partial charge in [-0.3, -0.25) is 0 Å². The van der Waals surface area contributed by atoms with E-state index in [0.29, 0.717) is 5.82 Å². The van der Waals surface area contributed by atoms with Crippen LogP contribution in [0.3, 0.4) is 0 Å². The second-order valence-electron chi connectivity index (χ2n) is 2.59. The average Bonchev–Trinajstić information content (AvgIpc) is 2.20. The Bertz CT molecular complexity index is 382. The predicted molar refractivity (Wildman–Crippen MR) is 47.8 cm³/mol. The fraction of sp³-hybridized carbons (Fsp3) is 0.111. The summed E-state index contributed by atoms with van der Waals surface area (Å²) in [7, 11) is 0. The van der Waals surface area contributed by atoms with Crippen LogP contribution < -0.4 is 0 Å². The van der Waals surface area contributed by atoms with Gasteiger partial charge in [-0.05, 0) is 13.0 Å². The maximum atomic E-state index is 4.09. The van der Waals surface area contributed by atoms with Crippen LogP contribution in [-0.2, 0) is 0 Å². The second kappa shape index (κ2) is 3.26. The van der Waals surface area contributed by atoms with Gasteiger partial charge in [-0.1, -0.05) is 0 Å². The SMILES string of the molecule is Cc1ncc(-c2ncccn2)cn1. The summed E-state index contributed by atoms with van der Waals surface area (Å²) in [6, 6.07) is 1.78. The summed E-state index contributed by atoms with van der Waals surface area (Å²) in [4.78, 5) is 16.3. The normalized spacial score (nSPS) is 9.92. The zero-order valence-electron chi connectivity index (χ0n) is 7.18. The molecule has 0 bridgehead atoms. The number of aromatic nitrogens is 4. The van der Waals surface area contributed by atoms with E-state index in [-0.39, 0.29) is 0 Å². The van der Waals surface area contributed by atoms with Crippen molar-refractivity contribution in [3.05, 3.63) is 36.7 Å². The zero-order chi connectivity index (χ0) is 9.10. The molecular weight excluding hydrogens is 164 g/mol. The van der Waals surface area contributed by atoms with Crippen LogP contribution in [0.4, 0.5) is 0 Å². The molecule has 0 saturated carbocycles. The molecule has 64 valence electrons. The molecule has 0 saturated heterocycles.